The molecular formula is C15H15NO5. The molecule has 0 unspecified atom stereocenters. The molecule has 1 aromatic heterocycles. The lowest BCUT2D eigenvalue weighted by Crippen LogP contribution is -2.24. The van der Waals surface area contributed by atoms with Crippen molar-refractivity contribution in [2.24, 2.45) is 0 Å². The zero-order valence-corrected chi connectivity index (χ0v) is 11.5. The van der Waals surface area contributed by atoms with Crippen molar-refractivity contribution in [2.45, 2.75) is 25.4 Å². The molecule has 110 valence electrons. The largest absolute Gasteiger partial charge is 0.493 e. The lowest BCUT2D eigenvalue weighted by atomic mass is 9.96. The summed E-state index contributed by atoms with van der Waals surface area (Å²) in [5, 5.41) is 12.3. The van der Waals surface area contributed by atoms with Crippen molar-refractivity contribution >= 4 is 5.97 Å². The summed E-state index contributed by atoms with van der Waals surface area (Å²) < 4.78 is 16.2. The predicted molar refractivity (Wildman–Crippen MR) is 73.7 cm³/mol. The lowest BCUT2D eigenvalue weighted by Gasteiger charge is -2.27. The topological polar surface area (TPSA) is 81.8 Å². The predicted octanol–water partition coefficient (Wildman–Crippen LogP) is 2.98. The molecule has 0 spiro atoms. The zero-order valence-electron chi connectivity index (χ0n) is 11.5. The normalized spacial score (nSPS) is 14.5. The maximum Gasteiger partial charge on any atom is 0.358 e. The number of benzene rings is 1. The van der Waals surface area contributed by atoms with Gasteiger partial charge in [-0.15, -0.1) is 0 Å². The van der Waals surface area contributed by atoms with Gasteiger partial charge in [-0.2, -0.15) is 0 Å². The Kier molecular flexibility index (Phi) is 3.51. The minimum atomic E-state index is -1.12. The highest BCUT2D eigenvalue weighted by molar-refractivity contribution is 5.86. The van der Waals surface area contributed by atoms with Gasteiger partial charge in [-0.3, -0.25) is 0 Å². The molecule has 0 saturated heterocycles. The molecule has 6 heteroatoms. The summed E-state index contributed by atoms with van der Waals surface area (Å²) in [6.45, 7) is 0. The zero-order chi connectivity index (χ0) is 14.8. The summed E-state index contributed by atoms with van der Waals surface area (Å²) in [7, 11) is 1.57. The molecule has 0 bridgehead atoms. The van der Waals surface area contributed by atoms with Crippen LogP contribution in [0.2, 0.25) is 0 Å². The van der Waals surface area contributed by atoms with E-state index in [0.717, 1.165) is 12.8 Å². The van der Waals surface area contributed by atoms with Crippen molar-refractivity contribution in [3.63, 3.8) is 0 Å². The first-order valence-electron chi connectivity index (χ1n) is 6.72. The number of rotatable bonds is 5. The van der Waals surface area contributed by atoms with E-state index in [0.29, 0.717) is 22.8 Å². The van der Waals surface area contributed by atoms with Gasteiger partial charge in [0, 0.05) is 11.6 Å². The van der Waals surface area contributed by atoms with Gasteiger partial charge in [0.05, 0.1) is 13.2 Å². The van der Waals surface area contributed by atoms with Gasteiger partial charge in [-0.1, -0.05) is 5.16 Å². The quantitative estimate of drug-likeness (QED) is 0.911. The van der Waals surface area contributed by atoms with Gasteiger partial charge in [0.15, 0.2) is 23.0 Å². The summed E-state index contributed by atoms with van der Waals surface area (Å²) in [5.41, 5.74) is 0.562. The summed E-state index contributed by atoms with van der Waals surface area (Å²) in [6, 6.07) is 6.72. The standard InChI is InChI=1S/C15H15NO5/c1-19-14-7-9(13-8-11(15(17)18)16-21-13)5-6-12(14)20-10-3-2-4-10/h5-8,10H,2-4H2,1H3,(H,17,18). The molecule has 1 aliphatic rings. The molecule has 0 aliphatic heterocycles. The molecule has 0 atom stereocenters. The van der Waals surface area contributed by atoms with Crippen molar-refractivity contribution < 1.29 is 23.9 Å². The molecule has 3 rings (SSSR count). The number of methoxy groups -OCH3 is 1. The third kappa shape index (κ3) is 2.69. The molecule has 1 heterocycles. The van der Waals surface area contributed by atoms with Crippen LogP contribution in [-0.4, -0.2) is 29.4 Å². The molecule has 1 saturated carbocycles. The van der Waals surface area contributed by atoms with E-state index in [1.165, 1.54) is 12.5 Å². The highest BCUT2D eigenvalue weighted by Gasteiger charge is 2.21. The molecule has 1 fully saturated rings. The van der Waals surface area contributed by atoms with Gasteiger partial charge in [-0.25, -0.2) is 4.79 Å². The maximum atomic E-state index is 10.8. The monoisotopic (exact) mass is 289 g/mol. The fraction of sp³-hybridized carbons (Fsp3) is 0.333. The minimum absolute atomic E-state index is 0.126. The number of nitrogens with zero attached hydrogens (tertiary/aromatic N) is 1. The Morgan fingerprint density at radius 2 is 2.14 bits per heavy atom. The van der Waals surface area contributed by atoms with Gasteiger partial charge >= 0.3 is 5.97 Å². The Morgan fingerprint density at radius 1 is 1.33 bits per heavy atom. The molecule has 6 nitrogen and oxygen atoms in total. The lowest BCUT2D eigenvalue weighted by molar-refractivity contribution is 0.0686. The Hall–Kier alpha value is -2.50. The first kappa shape index (κ1) is 13.5. The highest BCUT2D eigenvalue weighted by Crippen LogP contribution is 2.35. The Morgan fingerprint density at radius 3 is 2.71 bits per heavy atom. The van der Waals surface area contributed by atoms with Crippen LogP contribution in [0.15, 0.2) is 28.8 Å². The van der Waals surface area contributed by atoms with E-state index in [1.54, 1.807) is 25.3 Å². The number of aromatic nitrogens is 1. The number of carboxylic acid groups (broad SMARTS) is 1. The van der Waals surface area contributed by atoms with Crippen LogP contribution in [-0.2, 0) is 0 Å². The van der Waals surface area contributed by atoms with E-state index in [-0.39, 0.29) is 11.8 Å². The van der Waals surface area contributed by atoms with E-state index in [1.807, 2.05) is 0 Å². The Bertz CT molecular complexity index is 660. The number of hydrogen-bond donors (Lipinski definition) is 1. The number of hydrogen-bond acceptors (Lipinski definition) is 5. The molecule has 1 N–H and O–H groups in total. The van der Waals surface area contributed by atoms with Crippen LogP contribution in [0, 0.1) is 0 Å². The van der Waals surface area contributed by atoms with Crippen molar-refractivity contribution in [3.8, 4) is 22.8 Å². The van der Waals surface area contributed by atoms with Gasteiger partial charge in [0.2, 0.25) is 0 Å². The van der Waals surface area contributed by atoms with Crippen LogP contribution < -0.4 is 9.47 Å². The van der Waals surface area contributed by atoms with E-state index in [4.69, 9.17) is 19.1 Å². The first-order valence-corrected chi connectivity index (χ1v) is 6.72. The molecule has 0 amide bonds. The van der Waals surface area contributed by atoms with Crippen molar-refractivity contribution in [1.29, 1.82) is 0 Å². The van der Waals surface area contributed by atoms with Crippen LogP contribution >= 0.6 is 0 Å². The molecule has 21 heavy (non-hydrogen) atoms. The number of carboxylic acids is 1. The van der Waals surface area contributed by atoms with E-state index >= 15 is 0 Å². The minimum Gasteiger partial charge on any atom is -0.493 e. The Labute approximate surface area is 121 Å². The fourth-order valence-electron chi connectivity index (χ4n) is 2.10. The van der Waals surface area contributed by atoms with Crippen molar-refractivity contribution in [1.82, 2.24) is 5.16 Å². The second-order valence-corrected chi connectivity index (χ2v) is 4.92. The highest BCUT2D eigenvalue weighted by atomic mass is 16.5. The fourth-order valence-corrected chi connectivity index (χ4v) is 2.10. The van der Waals surface area contributed by atoms with Crippen molar-refractivity contribution in [2.75, 3.05) is 7.11 Å². The van der Waals surface area contributed by atoms with Crippen LogP contribution in [0.25, 0.3) is 11.3 Å². The summed E-state index contributed by atoms with van der Waals surface area (Å²) in [5.74, 6) is 0.527. The van der Waals surface area contributed by atoms with Crippen molar-refractivity contribution in [3.05, 3.63) is 30.0 Å². The number of aromatic carboxylic acids is 1. The second-order valence-electron chi connectivity index (χ2n) is 4.92. The van der Waals surface area contributed by atoms with Crippen LogP contribution in [0.3, 0.4) is 0 Å². The number of ether oxygens (including phenoxy) is 2. The van der Waals surface area contributed by atoms with E-state index in [2.05, 4.69) is 5.16 Å². The molecule has 2 aromatic rings. The van der Waals surface area contributed by atoms with Gasteiger partial charge in [-0.05, 0) is 37.5 Å². The summed E-state index contributed by atoms with van der Waals surface area (Å²) in [4.78, 5) is 10.8. The maximum absolute atomic E-state index is 10.8. The average Bonchev–Trinajstić information content (AvgIpc) is 2.92. The van der Waals surface area contributed by atoms with E-state index < -0.39 is 5.97 Å². The van der Waals surface area contributed by atoms with Crippen LogP contribution in [0.5, 0.6) is 11.5 Å². The van der Waals surface area contributed by atoms with Gasteiger partial charge in [0.25, 0.3) is 0 Å². The first-order chi connectivity index (χ1) is 10.2. The average molecular weight is 289 g/mol. The molecule has 1 aliphatic carbocycles. The van der Waals surface area contributed by atoms with Gasteiger partial charge in [0.1, 0.15) is 0 Å². The smallest absolute Gasteiger partial charge is 0.358 e. The SMILES string of the molecule is COc1cc(-c2cc(C(=O)O)no2)ccc1OC1CCC1. The van der Waals surface area contributed by atoms with Gasteiger partial charge < -0.3 is 19.1 Å². The Balaban J connectivity index is 1.86. The van der Waals surface area contributed by atoms with Crippen LogP contribution in [0.1, 0.15) is 29.8 Å². The number of carbonyl (C=O) groups is 1. The molecular weight excluding hydrogens is 274 g/mol. The van der Waals surface area contributed by atoms with Crippen LogP contribution in [0.4, 0.5) is 0 Å². The third-order valence-electron chi connectivity index (χ3n) is 3.52. The molecule has 0 radical (unpaired) electrons. The third-order valence-corrected chi connectivity index (χ3v) is 3.52. The summed E-state index contributed by atoms with van der Waals surface area (Å²) >= 11 is 0. The molecule has 1 aromatic carbocycles. The van der Waals surface area contributed by atoms with E-state index in [9.17, 15) is 4.79 Å². The second kappa shape index (κ2) is 5.47. The summed E-state index contributed by atoms with van der Waals surface area (Å²) in [6.07, 6.45) is 3.58.